The van der Waals surface area contributed by atoms with Crippen LogP contribution in [0.3, 0.4) is 0 Å². The molecule has 0 spiro atoms. The number of alkyl halides is 3. The van der Waals surface area contributed by atoms with Gasteiger partial charge >= 0.3 is 6.18 Å². The molecule has 1 rings (SSSR count). The zero-order chi connectivity index (χ0) is 9.35. The molecular formula is C5H4F3N2O2-. The lowest BCUT2D eigenvalue weighted by molar-refractivity contribution is -0.142. The van der Waals surface area contributed by atoms with Gasteiger partial charge in [0.2, 0.25) is 0 Å². The molecule has 4 nitrogen and oxygen atoms in total. The molecule has 0 amide bonds. The third-order valence-corrected chi connectivity index (χ3v) is 1.11. The summed E-state index contributed by atoms with van der Waals surface area (Å²) in [5.74, 6) is -0.729. The molecule has 0 unspecified atom stereocenters. The lowest BCUT2D eigenvalue weighted by atomic mass is 10.3. The summed E-state index contributed by atoms with van der Waals surface area (Å²) in [5.41, 5.74) is 5.31. The summed E-state index contributed by atoms with van der Waals surface area (Å²) in [6.45, 7) is -0.916. The van der Waals surface area contributed by atoms with Crippen LogP contribution in [0.5, 0.6) is 0 Å². The Hall–Kier alpha value is -1.24. The zero-order valence-corrected chi connectivity index (χ0v) is 5.64. The van der Waals surface area contributed by atoms with Crippen LogP contribution in [0.15, 0.2) is 4.42 Å². The van der Waals surface area contributed by atoms with Crippen molar-refractivity contribution in [2.45, 2.75) is 12.8 Å². The van der Waals surface area contributed by atoms with Crippen LogP contribution in [0.25, 0.3) is 5.73 Å². The molecule has 0 saturated carbocycles. The number of nitrogens with one attached hydrogen (secondary N) is 1. The fourth-order valence-corrected chi connectivity index (χ4v) is 0.680. The van der Waals surface area contributed by atoms with Crippen molar-refractivity contribution in [3.63, 3.8) is 0 Å². The van der Waals surface area contributed by atoms with Gasteiger partial charge in [0.05, 0.1) is 5.69 Å². The average molecular weight is 181 g/mol. The molecule has 0 radical (unpaired) electrons. The average Bonchev–Trinajstić information content (AvgIpc) is 2.29. The van der Waals surface area contributed by atoms with Gasteiger partial charge < -0.3 is 20.2 Å². The Kier molecular flexibility index (Phi) is 1.97. The first kappa shape index (κ1) is 8.85. The van der Waals surface area contributed by atoms with Crippen LogP contribution in [0, 0.1) is 0 Å². The molecule has 0 fully saturated rings. The largest absolute Gasteiger partial charge is 0.467 e. The van der Waals surface area contributed by atoms with Gasteiger partial charge in [0.15, 0.2) is 0 Å². The van der Waals surface area contributed by atoms with E-state index in [0.717, 1.165) is 0 Å². The lowest BCUT2D eigenvalue weighted by Crippen LogP contribution is -2.08. The van der Waals surface area contributed by atoms with Gasteiger partial charge in [0.1, 0.15) is 18.4 Å². The van der Waals surface area contributed by atoms with E-state index in [1.54, 1.807) is 0 Å². The molecule has 12 heavy (non-hydrogen) atoms. The lowest BCUT2D eigenvalue weighted by Gasteiger charge is -2.05. The smallest absolute Gasteiger partial charge is 0.416 e. The summed E-state index contributed by atoms with van der Waals surface area (Å²) >= 11 is 0. The van der Waals surface area contributed by atoms with Crippen LogP contribution in [-0.4, -0.2) is 10.1 Å². The Morgan fingerprint density at radius 3 is 2.42 bits per heavy atom. The maximum atomic E-state index is 11.9. The second-order valence-electron chi connectivity index (χ2n) is 1.95. The topological polar surface area (TPSA) is 70.1 Å². The maximum absolute atomic E-state index is 11.9. The highest BCUT2D eigenvalue weighted by atomic mass is 19.4. The molecule has 0 aliphatic rings. The Balaban J connectivity index is 3.13. The Morgan fingerprint density at radius 1 is 1.50 bits per heavy atom. The highest BCUT2D eigenvalue weighted by Gasteiger charge is 2.33. The first-order chi connectivity index (χ1) is 5.45. The van der Waals surface area contributed by atoms with Gasteiger partial charge in [-0.1, -0.05) is 0 Å². The van der Waals surface area contributed by atoms with Gasteiger partial charge in [0.25, 0.3) is 0 Å². The van der Waals surface area contributed by atoms with Gasteiger partial charge in [-0.25, -0.2) is 0 Å². The van der Waals surface area contributed by atoms with Gasteiger partial charge in [-0.2, -0.15) is 13.2 Å². The predicted octanol–water partition coefficient (Wildman–Crippen LogP) is 1.87. The van der Waals surface area contributed by atoms with Gasteiger partial charge in [-0.05, 0) is 0 Å². The highest BCUT2D eigenvalue weighted by molar-refractivity contribution is 5.25. The molecular weight excluding hydrogens is 177 g/mol. The van der Waals surface area contributed by atoms with E-state index in [4.69, 9.17) is 10.8 Å². The first-order valence-corrected chi connectivity index (χ1v) is 2.84. The highest BCUT2D eigenvalue weighted by Crippen LogP contribution is 2.33. The quantitative estimate of drug-likeness (QED) is 0.718. The first-order valence-electron chi connectivity index (χ1n) is 2.84. The maximum Gasteiger partial charge on any atom is 0.416 e. The van der Waals surface area contributed by atoms with Crippen molar-refractivity contribution in [3.8, 4) is 0 Å². The summed E-state index contributed by atoms with van der Waals surface area (Å²) in [4.78, 5) is 2.77. The molecule has 2 N–H and O–H groups in total. The number of aliphatic hydroxyl groups is 1. The molecule has 7 heteroatoms. The molecule has 1 heterocycles. The van der Waals surface area contributed by atoms with Crippen molar-refractivity contribution in [2.75, 3.05) is 0 Å². The standard InChI is InChI=1S/C5H4F3N2O2/c6-5(7,8)3-2(1-11)12-4(9)10-3/h11H,1H2,(H-,9,10)/q-1. The van der Waals surface area contributed by atoms with Crippen LogP contribution in [0.2, 0.25) is 0 Å². The summed E-state index contributed by atoms with van der Waals surface area (Å²) in [5, 5.41) is 8.38. The van der Waals surface area contributed by atoms with E-state index in [0.29, 0.717) is 0 Å². The second-order valence-corrected chi connectivity index (χ2v) is 1.95. The number of hydrogen-bond acceptors (Lipinski definition) is 3. The third-order valence-electron chi connectivity index (χ3n) is 1.11. The van der Waals surface area contributed by atoms with Crippen LogP contribution >= 0.6 is 0 Å². The van der Waals surface area contributed by atoms with Crippen molar-refractivity contribution in [2.24, 2.45) is 0 Å². The Labute approximate surface area is 64.8 Å². The summed E-state index contributed by atoms with van der Waals surface area (Å²) in [6.07, 6.45) is -4.68. The fraction of sp³-hybridized carbons (Fsp3) is 0.400. The fourth-order valence-electron chi connectivity index (χ4n) is 0.680. The number of hydrogen-bond donors (Lipinski definition) is 1. The summed E-state index contributed by atoms with van der Waals surface area (Å²) in [7, 11) is 0. The Morgan fingerprint density at radius 2 is 2.08 bits per heavy atom. The minimum absolute atomic E-state index is 0.729. The van der Waals surface area contributed by atoms with Crippen molar-refractivity contribution in [1.82, 2.24) is 4.98 Å². The summed E-state index contributed by atoms with van der Waals surface area (Å²) < 4.78 is 40.0. The van der Waals surface area contributed by atoms with Crippen LogP contribution in [-0.2, 0) is 12.8 Å². The monoisotopic (exact) mass is 181 g/mol. The van der Waals surface area contributed by atoms with Crippen LogP contribution in [0.1, 0.15) is 11.5 Å². The Bertz CT molecular complexity index is 281. The molecule has 1 aromatic heterocycles. The van der Waals surface area contributed by atoms with E-state index in [1.165, 1.54) is 0 Å². The number of halogens is 3. The van der Waals surface area contributed by atoms with E-state index >= 15 is 0 Å². The summed E-state index contributed by atoms with van der Waals surface area (Å²) in [6, 6.07) is -0.855. The number of rotatable bonds is 1. The number of aliphatic hydroxyl groups excluding tert-OH is 1. The van der Waals surface area contributed by atoms with E-state index in [-0.39, 0.29) is 0 Å². The van der Waals surface area contributed by atoms with Crippen LogP contribution in [0.4, 0.5) is 19.2 Å². The molecule has 68 valence electrons. The third kappa shape index (κ3) is 1.50. The minimum Gasteiger partial charge on any atom is -0.467 e. The van der Waals surface area contributed by atoms with E-state index in [9.17, 15) is 13.2 Å². The minimum atomic E-state index is -4.68. The van der Waals surface area contributed by atoms with Gasteiger partial charge in [0, 0.05) is 0 Å². The molecule has 1 aromatic rings. The van der Waals surface area contributed by atoms with E-state index < -0.39 is 30.3 Å². The SMILES string of the molecule is [NH-]c1nc(C(F)(F)F)c(CO)o1. The van der Waals surface area contributed by atoms with Gasteiger partial charge in [-0.3, -0.25) is 0 Å². The second kappa shape index (κ2) is 2.67. The van der Waals surface area contributed by atoms with Crippen molar-refractivity contribution >= 4 is 6.01 Å². The number of oxazole rings is 1. The van der Waals surface area contributed by atoms with E-state index in [1.807, 2.05) is 0 Å². The molecule has 0 aliphatic carbocycles. The van der Waals surface area contributed by atoms with Crippen molar-refractivity contribution in [1.29, 1.82) is 0 Å². The molecule has 0 saturated heterocycles. The normalized spacial score (nSPS) is 12.0. The number of aromatic nitrogens is 1. The molecule has 0 bridgehead atoms. The molecule has 0 atom stereocenters. The van der Waals surface area contributed by atoms with E-state index in [2.05, 4.69) is 9.40 Å². The zero-order valence-electron chi connectivity index (χ0n) is 5.64. The van der Waals surface area contributed by atoms with Gasteiger partial charge in [-0.15, -0.1) is 0 Å². The van der Waals surface area contributed by atoms with Crippen molar-refractivity contribution in [3.05, 3.63) is 17.2 Å². The van der Waals surface area contributed by atoms with Crippen molar-refractivity contribution < 1.29 is 22.7 Å². The number of nitrogens with zero attached hydrogens (tertiary/aromatic N) is 1. The molecule has 0 aromatic carbocycles. The van der Waals surface area contributed by atoms with Crippen LogP contribution < -0.4 is 0 Å². The molecule has 0 aliphatic heterocycles. The predicted molar refractivity (Wildman–Crippen MR) is 31.4 cm³/mol.